The van der Waals surface area contributed by atoms with Gasteiger partial charge in [-0.25, -0.2) is 0 Å². The number of hydrogen-bond acceptors (Lipinski definition) is 4. The maximum atomic E-state index is 12.5. The average Bonchev–Trinajstić information content (AvgIpc) is 2.71. The van der Waals surface area contributed by atoms with E-state index in [1.54, 1.807) is 48.5 Å². The van der Waals surface area contributed by atoms with Gasteiger partial charge >= 0.3 is 0 Å². The van der Waals surface area contributed by atoms with Gasteiger partial charge in [-0.15, -0.1) is 0 Å². The first-order chi connectivity index (χ1) is 13.9. The molecule has 6 nitrogen and oxygen atoms in total. The number of benzene rings is 2. The largest absolute Gasteiger partial charge is 0.493 e. The highest BCUT2D eigenvalue weighted by Crippen LogP contribution is 2.16. The Hall–Kier alpha value is -2.93. The number of ether oxygens (including phenoxy) is 1. The molecule has 0 fully saturated rings. The van der Waals surface area contributed by atoms with E-state index < -0.39 is 0 Å². The Balaban J connectivity index is 2.02. The van der Waals surface area contributed by atoms with Crippen LogP contribution in [-0.4, -0.2) is 30.1 Å². The van der Waals surface area contributed by atoms with E-state index in [1.807, 2.05) is 6.92 Å². The predicted octanol–water partition coefficient (Wildman–Crippen LogP) is 3.99. The van der Waals surface area contributed by atoms with Crippen molar-refractivity contribution in [3.63, 3.8) is 0 Å². The molecule has 0 aliphatic carbocycles. The van der Waals surface area contributed by atoms with E-state index in [0.29, 0.717) is 41.6 Å². The molecule has 0 atom stereocenters. The summed E-state index contributed by atoms with van der Waals surface area (Å²) in [6.07, 6.45) is 0.843. The molecule has 7 heteroatoms. The minimum absolute atomic E-state index is 0.110. The van der Waals surface area contributed by atoms with E-state index in [0.717, 1.165) is 6.42 Å². The van der Waals surface area contributed by atoms with Gasteiger partial charge in [0.2, 0.25) is 0 Å². The van der Waals surface area contributed by atoms with Crippen molar-refractivity contribution in [2.75, 3.05) is 18.5 Å². The monoisotopic (exact) mass is 413 g/mol. The summed E-state index contributed by atoms with van der Waals surface area (Å²) in [4.78, 5) is 24.8. The summed E-state index contributed by atoms with van der Waals surface area (Å²) in [5.41, 5.74) is 1.42. The summed E-state index contributed by atoms with van der Waals surface area (Å²) in [6, 6.07) is 13.9. The molecule has 0 saturated heterocycles. The predicted molar refractivity (Wildman–Crippen MR) is 120 cm³/mol. The second-order valence-electron chi connectivity index (χ2n) is 6.94. The molecule has 0 spiro atoms. The molecule has 2 amide bonds. The van der Waals surface area contributed by atoms with Gasteiger partial charge in [0.15, 0.2) is 5.11 Å². The van der Waals surface area contributed by atoms with E-state index in [9.17, 15) is 9.59 Å². The van der Waals surface area contributed by atoms with Crippen molar-refractivity contribution >= 4 is 34.8 Å². The number of amides is 2. The highest BCUT2D eigenvalue weighted by molar-refractivity contribution is 7.80. The Kier molecular flexibility index (Phi) is 8.61. The van der Waals surface area contributed by atoms with E-state index in [1.165, 1.54) is 0 Å². The first-order valence-electron chi connectivity index (χ1n) is 9.63. The number of nitrogens with one attached hydrogen (secondary N) is 3. The topological polar surface area (TPSA) is 79.5 Å². The smallest absolute Gasteiger partial charge is 0.257 e. The van der Waals surface area contributed by atoms with Crippen LogP contribution < -0.4 is 20.7 Å². The van der Waals surface area contributed by atoms with E-state index in [4.69, 9.17) is 17.0 Å². The molecule has 0 heterocycles. The third-order valence-electron chi connectivity index (χ3n) is 3.86. The Morgan fingerprint density at radius 2 is 1.83 bits per heavy atom. The van der Waals surface area contributed by atoms with Crippen molar-refractivity contribution in [3.8, 4) is 5.75 Å². The molecule has 29 heavy (non-hydrogen) atoms. The minimum atomic E-state index is -0.356. The van der Waals surface area contributed by atoms with Gasteiger partial charge in [-0.3, -0.25) is 14.9 Å². The standard InChI is InChI=1S/C22H27N3O3S/c1-4-12-23-21(27)18-10-5-6-11-19(18)24-22(29)25-20(26)16-8-7-9-17(13-16)28-14-15(2)3/h5-11,13,15H,4,12,14H2,1-3H3,(H,23,27)(H2,24,25,26,29). The molecule has 0 aliphatic heterocycles. The molecule has 0 aliphatic rings. The summed E-state index contributed by atoms with van der Waals surface area (Å²) in [5.74, 6) is 0.464. The Bertz CT molecular complexity index is 868. The molecule has 0 aromatic heterocycles. The van der Waals surface area contributed by atoms with Crippen molar-refractivity contribution < 1.29 is 14.3 Å². The zero-order chi connectivity index (χ0) is 21.2. The van der Waals surface area contributed by atoms with Gasteiger partial charge in [0.1, 0.15) is 5.75 Å². The number of carbonyl (C=O) groups excluding carboxylic acids is 2. The number of rotatable bonds is 8. The molecule has 0 radical (unpaired) electrons. The number of thiocarbonyl (C=S) groups is 1. The maximum absolute atomic E-state index is 12.5. The molecular formula is C22H27N3O3S. The minimum Gasteiger partial charge on any atom is -0.493 e. The quantitative estimate of drug-likeness (QED) is 0.571. The van der Waals surface area contributed by atoms with Gasteiger partial charge in [-0.05, 0) is 54.9 Å². The number of carbonyl (C=O) groups is 2. The molecule has 2 rings (SSSR count). The second-order valence-corrected chi connectivity index (χ2v) is 7.35. The Labute approximate surface area is 177 Å². The van der Waals surface area contributed by atoms with E-state index >= 15 is 0 Å². The fourth-order valence-electron chi connectivity index (χ4n) is 2.44. The molecule has 0 saturated carbocycles. The third kappa shape index (κ3) is 7.19. The first-order valence-corrected chi connectivity index (χ1v) is 10.0. The van der Waals surface area contributed by atoms with Gasteiger partial charge in [-0.2, -0.15) is 0 Å². The lowest BCUT2D eigenvalue weighted by atomic mass is 10.1. The second kappa shape index (κ2) is 11.2. The number of anilines is 1. The zero-order valence-electron chi connectivity index (χ0n) is 17.0. The molecular weight excluding hydrogens is 386 g/mol. The zero-order valence-corrected chi connectivity index (χ0v) is 17.8. The van der Waals surface area contributed by atoms with Crippen molar-refractivity contribution in [2.45, 2.75) is 27.2 Å². The maximum Gasteiger partial charge on any atom is 0.257 e. The lowest BCUT2D eigenvalue weighted by Crippen LogP contribution is -2.35. The lowest BCUT2D eigenvalue weighted by Gasteiger charge is -2.14. The highest BCUT2D eigenvalue weighted by atomic mass is 32.1. The van der Waals surface area contributed by atoms with Crippen LogP contribution in [0.4, 0.5) is 5.69 Å². The normalized spacial score (nSPS) is 10.3. The molecule has 2 aromatic rings. The van der Waals surface area contributed by atoms with Crippen molar-refractivity contribution in [1.82, 2.24) is 10.6 Å². The first kappa shape index (κ1) is 22.4. The molecule has 2 aromatic carbocycles. The molecule has 154 valence electrons. The van der Waals surface area contributed by atoms with E-state index in [-0.39, 0.29) is 16.9 Å². The van der Waals surface area contributed by atoms with E-state index in [2.05, 4.69) is 29.8 Å². The van der Waals surface area contributed by atoms with Crippen LogP contribution in [0.25, 0.3) is 0 Å². The summed E-state index contributed by atoms with van der Waals surface area (Å²) in [5, 5.41) is 8.51. The van der Waals surface area contributed by atoms with Crippen LogP contribution in [0.5, 0.6) is 5.75 Å². The molecule has 3 N–H and O–H groups in total. The van der Waals surface area contributed by atoms with Crippen LogP contribution in [0.15, 0.2) is 48.5 Å². The van der Waals surface area contributed by atoms with Crippen LogP contribution in [-0.2, 0) is 0 Å². The van der Waals surface area contributed by atoms with Crippen LogP contribution >= 0.6 is 12.2 Å². The summed E-state index contributed by atoms with van der Waals surface area (Å²) >= 11 is 5.26. The number of para-hydroxylation sites is 1. The molecule has 0 bridgehead atoms. The van der Waals surface area contributed by atoms with Gasteiger partial charge in [0.05, 0.1) is 17.9 Å². The van der Waals surface area contributed by atoms with Gasteiger partial charge < -0.3 is 15.4 Å². The number of hydrogen-bond donors (Lipinski definition) is 3. The average molecular weight is 414 g/mol. The van der Waals surface area contributed by atoms with Crippen LogP contribution in [0.3, 0.4) is 0 Å². The van der Waals surface area contributed by atoms with Crippen LogP contribution in [0.2, 0.25) is 0 Å². The van der Waals surface area contributed by atoms with Gasteiger partial charge in [-0.1, -0.05) is 39.0 Å². The lowest BCUT2D eigenvalue weighted by molar-refractivity contribution is 0.0952. The Morgan fingerprint density at radius 3 is 2.55 bits per heavy atom. The fourth-order valence-corrected chi connectivity index (χ4v) is 2.65. The van der Waals surface area contributed by atoms with Crippen molar-refractivity contribution in [1.29, 1.82) is 0 Å². The fraction of sp³-hybridized carbons (Fsp3) is 0.318. The van der Waals surface area contributed by atoms with Crippen molar-refractivity contribution in [3.05, 3.63) is 59.7 Å². The Morgan fingerprint density at radius 1 is 1.07 bits per heavy atom. The summed E-state index contributed by atoms with van der Waals surface area (Å²) < 4.78 is 5.66. The molecule has 0 unspecified atom stereocenters. The van der Waals surface area contributed by atoms with Crippen LogP contribution in [0.1, 0.15) is 47.9 Å². The van der Waals surface area contributed by atoms with Gasteiger partial charge in [0, 0.05) is 12.1 Å². The highest BCUT2D eigenvalue weighted by Gasteiger charge is 2.13. The summed E-state index contributed by atoms with van der Waals surface area (Å²) in [6.45, 7) is 7.26. The van der Waals surface area contributed by atoms with Gasteiger partial charge in [0.25, 0.3) is 11.8 Å². The van der Waals surface area contributed by atoms with Crippen LogP contribution in [0, 0.1) is 5.92 Å². The third-order valence-corrected chi connectivity index (χ3v) is 4.07. The van der Waals surface area contributed by atoms with Crippen molar-refractivity contribution in [2.24, 2.45) is 5.92 Å². The SMILES string of the molecule is CCCNC(=O)c1ccccc1NC(=S)NC(=O)c1cccc(OCC(C)C)c1. The summed E-state index contributed by atoms with van der Waals surface area (Å²) in [7, 11) is 0.